The van der Waals surface area contributed by atoms with Crippen LogP contribution in [-0.2, 0) is 24.8 Å². The number of nitrogens with zero attached hydrogens (tertiary/aromatic N) is 2. The summed E-state index contributed by atoms with van der Waals surface area (Å²) in [6.07, 6.45) is 6.80. The van der Waals surface area contributed by atoms with Gasteiger partial charge in [-0.3, -0.25) is 4.90 Å². The van der Waals surface area contributed by atoms with Crippen molar-refractivity contribution < 1.29 is 14.9 Å². The van der Waals surface area contributed by atoms with Gasteiger partial charge in [0.25, 0.3) is 0 Å². The Morgan fingerprint density at radius 3 is 2.86 bits per heavy atom. The zero-order chi connectivity index (χ0) is 23.5. The zero-order valence-corrected chi connectivity index (χ0v) is 21.7. The van der Waals surface area contributed by atoms with Crippen LogP contribution in [0.1, 0.15) is 47.8 Å². The number of fused-ring (bicyclic) bond motifs is 4. The minimum absolute atomic E-state index is 0.0652. The van der Waals surface area contributed by atoms with Crippen LogP contribution in [0.3, 0.4) is 0 Å². The van der Waals surface area contributed by atoms with E-state index in [1.54, 1.807) is 6.07 Å². The second-order valence-corrected chi connectivity index (χ2v) is 12.0. The van der Waals surface area contributed by atoms with Gasteiger partial charge in [-0.25, -0.2) is 0 Å². The Hall–Kier alpha value is -2.03. The number of para-hydroxylation sites is 1. The van der Waals surface area contributed by atoms with Gasteiger partial charge in [0, 0.05) is 42.0 Å². The second-order valence-electron chi connectivity index (χ2n) is 11.3. The van der Waals surface area contributed by atoms with Gasteiger partial charge in [0.1, 0.15) is 0 Å². The summed E-state index contributed by atoms with van der Waals surface area (Å²) in [6.45, 7) is 2.82. The molecule has 2 aliphatic heterocycles. The fourth-order valence-corrected chi connectivity index (χ4v) is 8.37. The van der Waals surface area contributed by atoms with Crippen molar-refractivity contribution in [2.45, 2.75) is 61.8 Å². The van der Waals surface area contributed by atoms with Crippen molar-refractivity contribution >= 4 is 33.5 Å². The lowest BCUT2D eigenvalue weighted by molar-refractivity contribution is -0.173. The molecule has 1 aromatic heterocycles. The molecular weight excluding hydrogens is 551 g/mol. The number of allylic oxidation sites excluding steroid dienone is 1. The van der Waals surface area contributed by atoms with E-state index < -0.39 is 11.0 Å². The lowest BCUT2D eigenvalue weighted by Crippen LogP contribution is -2.74. The molecule has 2 aromatic carbocycles. The van der Waals surface area contributed by atoms with Crippen LogP contribution in [0.15, 0.2) is 46.6 Å². The Kier molecular flexibility index (Phi) is 4.25. The highest BCUT2D eigenvalue weighted by Gasteiger charge is 2.73. The van der Waals surface area contributed by atoms with Gasteiger partial charge < -0.3 is 19.5 Å². The molecule has 8 rings (SSSR count). The number of rotatable bonds is 4. The summed E-state index contributed by atoms with van der Waals surface area (Å²) in [6, 6.07) is 12.5. The number of aromatic hydroxyl groups is 1. The SMILES string of the molecule is Oc1ccc2c3c1O[C@H]1c4c(c5ccccc5n4C/C=C/I)C[C@@]4(O)C(C2)N(CC2CC2)CC[C@]314. The first kappa shape index (κ1) is 21.1. The van der Waals surface area contributed by atoms with Crippen molar-refractivity contribution in [2.24, 2.45) is 5.92 Å². The number of hydrogen-bond donors (Lipinski definition) is 2. The molecule has 0 amide bonds. The van der Waals surface area contributed by atoms with Gasteiger partial charge >= 0.3 is 0 Å². The monoisotopic (exact) mass is 580 g/mol. The number of benzene rings is 2. The summed E-state index contributed by atoms with van der Waals surface area (Å²) >= 11 is 2.28. The Bertz CT molecular complexity index is 1430. The summed E-state index contributed by atoms with van der Waals surface area (Å²) in [5.74, 6) is 1.58. The third-order valence-electron chi connectivity index (χ3n) is 9.71. The van der Waals surface area contributed by atoms with Crippen molar-refractivity contribution in [1.29, 1.82) is 0 Å². The Morgan fingerprint density at radius 1 is 1.17 bits per heavy atom. The minimum atomic E-state index is -0.933. The number of hydrogen-bond acceptors (Lipinski definition) is 4. The van der Waals surface area contributed by atoms with Crippen LogP contribution in [-0.4, -0.2) is 44.4 Å². The van der Waals surface area contributed by atoms with E-state index >= 15 is 0 Å². The van der Waals surface area contributed by atoms with Crippen LogP contribution >= 0.6 is 22.6 Å². The van der Waals surface area contributed by atoms with E-state index in [0.29, 0.717) is 12.2 Å². The molecule has 3 aromatic rings. The standard InChI is InChI=1S/C29H29IN2O3/c30-11-3-12-32-21-5-2-1-4-19(21)20-15-29(34)23-14-18-8-9-22(33)26-24(18)28(29,27(35-26)25(20)32)10-13-31(23)16-17-6-7-17/h1-5,8-9,11,17,23,27,33-34H,6-7,10,12-16H2/b11-3+/t23?,27-,28-,29+/m0/s1. The average molecular weight is 580 g/mol. The summed E-state index contributed by atoms with van der Waals surface area (Å²) in [4.78, 5) is 2.59. The van der Waals surface area contributed by atoms with Crippen LogP contribution in [0, 0.1) is 5.92 Å². The first-order valence-corrected chi connectivity index (χ1v) is 14.1. The molecule has 1 saturated carbocycles. The van der Waals surface area contributed by atoms with E-state index in [2.05, 4.69) is 72.5 Å². The van der Waals surface area contributed by atoms with E-state index in [1.807, 2.05) is 0 Å². The summed E-state index contributed by atoms with van der Waals surface area (Å²) < 4.78 is 11.3. The molecule has 2 N–H and O–H groups in total. The predicted octanol–water partition coefficient (Wildman–Crippen LogP) is 4.99. The first-order valence-electron chi connectivity index (χ1n) is 12.9. The van der Waals surface area contributed by atoms with Gasteiger partial charge in [0.05, 0.1) is 16.7 Å². The highest BCUT2D eigenvalue weighted by molar-refractivity contribution is 14.1. The van der Waals surface area contributed by atoms with Gasteiger partial charge in [-0.05, 0) is 65.5 Å². The largest absolute Gasteiger partial charge is 0.504 e. The highest BCUT2D eigenvalue weighted by Crippen LogP contribution is 2.69. The number of halogens is 1. The highest BCUT2D eigenvalue weighted by atomic mass is 127. The molecule has 0 radical (unpaired) electrons. The summed E-state index contributed by atoms with van der Waals surface area (Å²) in [5.41, 5.74) is 4.46. The Morgan fingerprint density at radius 2 is 2.03 bits per heavy atom. The second kappa shape index (κ2) is 7.05. The molecule has 1 saturated heterocycles. The molecule has 2 bridgehead atoms. The molecule has 180 valence electrons. The van der Waals surface area contributed by atoms with Crippen molar-refractivity contribution in [2.75, 3.05) is 13.1 Å². The number of likely N-dealkylation sites (tertiary alicyclic amines) is 1. The normalized spacial score (nSPS) is 32.6. The third kappa shape index (κ3) is 2.51. The molecular formula is C29H29IN2O3. The molecule has 1 spiro atoms. The number of piperidine rings is 1. The predicted molar refractivity (Wildman–Crippen MR) is 143 cm³/mol. The molecule has 35 heavy (non-hydrogen) atoms. The maximum atomic E-state index is 13.0. The van der Waals surface area contributed by atoms with Crippen LogP contribution in [0.25, 0.3) is 10.9 Å². The van der Waals surface area contributed by atoms with Gasteiger partial charge in [0.15, 0.2) is 17.6 Å². The molecule has 5 nitrogen and oxygen atoms in total. The molecule has 4 atom stereocenters. The average Bonchev–Trinajstić information content (AvgIpc) is 3.53. The van der Waals surface area contributed by atoms with E-state index in [-0.39, 0.29) is 17.9 Å². The number of phenolic OH excluding ortho intramolecular Hbond substituents is 1. The molecule has 5 aliphatic rings. The fourth-order valence-electron chi connectivity index (χ4n) is 8.15. The number of aliphatic hydroxyl groups is 1. The van der Waals surface area contributed by atoms with Gasteiger partial charge in [0.2, 0.25) is 0 Å². The topological polar surface area (TPSA) is 57.9 Å². The van der Waals surface area contributed by atoms with Crippen molar-refractivity contribution in [3.63, 3.8) is 0 Å². The number of phenols is 1. The summed E-state index contributed by atoms with van der Waals surface area (Å²) in [5, 5.41) is 25.1. The van der Waals surface area contributed by atoms with E-state index in [0.717, 1.165) is 44.0 Å². The number of aromatic nitrogens is 1. The van der Waals surface area contributed by atoms with Gasteiger partial charge in [-0.15, -0.1) is 0 Å². The first-order chi connectivity index (χ1) is 17.1. The van der Waals surface area contributed by atoms with Gasteiger partial charge in [-0.2, -0.15) is 0 Å². The lowest BCUT2D eigenvalue weighted by atomic mass is 9.49. The smallest absolute Gasteiger partial charge is 0.166 e. The van der Waals surface area contributed by atoms with Crippen LogP contribution in [0.5, 0.6) is 11.5 Å². The molecule has 3 aliphatic carbocycles. The summed E-state index contributed by atoms with van der Waals surface area (Å²) in [7, 11) is 0. The maximum Gasteiger partial charge on any atom is 0.166 e. The third-order valence-corrected chi connectivity index (χ3v) is 10.2. The quantitative estimate of drug-likeness (QED) is 0.427. The van der Waals surface area contributed by atoms with Crippen molar-refractivity contribution in [1.82, 2.24) is 9.47 Å². The lowest BCUT2D eigenvalue weighted by Gasteiger charge is -2.63. The Balaban J connectivity index is 1.42. The minimum Gasteiger partial charge on any atom is -0.504 e. The molecule has 1 unspecified atom stereocenters. The van der Waals surface area contributed by atoms with E-state index in [4.69, 9.17) is 4.74 Å². The van der Waals surface area contributed by atoms with E-state index in [9.17, 15) is 10.2 Å². The van der Waals surface area contributed by atoms with Crippen LogP contribution < -0.4 is 4.74 Å². The number of ether oxygens (including phenoxy) is 1. The van der Waals surface area contributed by atoms with Crippen LogP contribution in [0.2, 0.25) is 0 Å². The maximum absolute atomic E-state index is 13.0. The van der Waals surface area contributed by atoms with Crippen molar-refractivity contribution in [3.8, 4) is 11.5 Å². The molecule has 3 heterocycles. The Labute approximate surface area is 218 Å². The zero-order valence-electron chi connectivity index (χ0n) is 19.6. The molecule has 2 fully saturated rings. The molecule has 6 heteroatoms. The van der Waals surface area contributed by atoms with Gasteiger partial charge in [-0.1, -0.05) is 52.9 Å². The fraction of sp³-hybridized carbons (Fsp3) is 0.448. The van der Waals surface area contributed by atoms with E-state index in [1.165, 1.54) is 40.6 Å². The van der Waals surface area contributed by atoms with Crippen molar-refractivity contribution in [3.05, 3.63) is 68.9 Å². The van der Waals surface area contributed by atoms with Crippen LogP contribution in [0.4, 0.5) is 0 Å².